The molecule has 2 saturated heterocycles. The van der Waals surface area contributed by atoms with Gasteiger partial charge in [0.25, 0.3) is 0 Å². The quantitative estimate of drug-likeness (QED) is 0.761. The summed E-state index contributed by atoms with van der Waals surface area (Å²) in [6.45, 7) is 8.83. The highest BCUT2D eigenvalue weighted by molar-refractivity contribution is 7.99. The first-order valence-corrected chi connectivity index (χ1v) is 7.40. The molecule has 0 saturated carbocycles. The minimum absolute atomic E-state index is 0.0406. The molecular formula is C13H22O3S. The molecule has 0 bridgehead atoms. The van der Waals surface area contributed by atoms with Gasteiger partial charge in [-0.2, -0.15) is 11.8 Å². The van der Waals surface area contributed by atoms with E-state index in [1.165, 1.54) is 0 Å². The highest BCUT2D eigenvalue weighted by Crippen LogP contribution is 2.43. The van der Waals surface area contributed by atoms with Crippen LogP contribution in [-0.4, -0.2) is 41.2 Å². The van der Waals surface area contributed by atoms with Crippen LogP contribution < -0.4 is 0 Å². The molecule has 0 amide bonds. The number of rotatable bonds is 2. The Morgan fingerprint density at radius 1 is 1.29 bits per heavy atom. The number of hydrogen-bond acceptors (Lipinski definition) is 4. The van der Waals surface area contributed by atoms with Gasteiger partial charge < -0.3 is 9.47 Å². The van der Waals surface area contributed by atoms with Crippen LogP contribution in [0.3, 0.4) is 0 Å². The number of Topliss-reactive ketones (excluding diaryl/α,β-unsaturated/α-hetero) is 1. The summed E-state index contributed by atoms with van der Waals surface area (Å²) < 4.78 is 11.6. The first-order chi connectivity index (χ1) is 7.82. The highest BCUT2D eigenvalue weighted by atomic mass is 32.2. The monoisotopic (exact) mass is 258 g/mol. The van der Waals surface area contributed by atoms with Crippen molar-refractivity contribution in [1.29, 1.82) is 0 Å². The summed E-state index contributed by atoms with van der Waals surface area (Å²) in [4.78, 5) is 12.5. The minimum atomic E-state index is -0.369. The highest BCUT2D eigenvalue weighted by Gasteiger charge is 2.50. The average Bonchev–Trinajstić information content (AvgIpc) is 2.47. The molecular weight excluding hydrogens is 236 g/mol. The molecule has 0 aromatic carbocycles. The number of thioether (sulfide) groups is 1. The summed E-state index contributed by atoms with van der Waals surface area (Å²) in [6.07, 6.45) is 0.569. The van der Waals surface area contributed by atoms with E-state index in [0.29, 0.717) is 6.61 Å². The summed E-state index contributed by atoms with van der Waals surface area (Å²) in [5, 5.41) is 0. The molecule has 2 heterocycles. The molecule has 0 aliphatic carbocycles. The fourth-order valence-electron chi connectivity index (χ4n) is 2.88. The standard InChI is InChI=1S/C13H22O3S/c1-12(2)7-9(13(3,4)16-12)11(14)10-8-17-6-5-15-10/h9-10H,5-8H2,1-4H3. The second-order valence-corrected chi connectivity index (χ2v) is 7.21. The van der Waals surface area contributed by atoms with Crippen LogP contribution in [0.15, 0.2) is 0 Å². The zero-order valence-electron chi connectivity index (χ0n) is 11.1. The van der Waals surface area contributed by atoms with Gasteiger partial charge in [0.05, 0.1) is 23.7 Å². The van der Waals surface area contributed by atoms with Crippen LogP contribution in [0.2, 0.25) is 0 Å². The second-order valence-electron chi connectivity index (χ2n) is 6.06. The van der Waals surface area contributed by atoms with E-state index in [-0.39, 0.29) is 29.0 Å². The van der Waals surface area contributed by atoms with E-state index < -0.39 is 0 Å². The Bertz CT molecular complexity index is 306. The van der Waals surface area contributed by atoms with Gasteiger partial charge in [-0.15, -0.1) is 0 Å². The largest absolute Gasteiger partial charge is 0.369 e. The van der Waals surface area contributed by atoms with Crippen LogP contribution in [0, 0.1) is 5.92 Å². The molecule has 2 rings (SSSR count). The van der Waals surface area contributed by atoms with E-state index in [2.05, 4.69) is 13.8 Å². The van der Waals surface area contributed by atoms with Gasteiger partial charge in [0.1, 0.15) is 6.10 Å². The zero-order chi connectivity index (χ0) is 12.7. The SMILES string of the molecule is CC1(C)CC(C(=O)C2CSCCO2)C(C)(C)O1. The van der Waals surface area contributed by atoms with Crippen molar-refractivity contribution in [3.8, 4) is 0 Å². The van der Waals surface area contributed by atoms with Gasteiger partial charge in [-0.25, -0.2) is 0 Å². The molecule has 2 aliphatic heterocycles. The van der Waals surface area contributed by atoms with Crippen molar-refractivity contribution in [2.75, 3.05) is 18.1 Å². The van der Waals surface area contributed by atoms with Gasteiger partial charge in [0.2, 0.25) is 0 Å². The molecule has 4 heteroatoms. The Morgan fingerprint density at radius 3 is 2.47 bits per heavy atom. The summed E-state index contributed by atoms with van der Waals surface area (Å²) >= 11 is 1.80. The molecule has 0 spiro atoms. The summed E-state index contributed by atoms with van der Waals surface area (Å²) in [7, 11) is 0. The Balaban J connectivity index is 2.08. The van der Waals surface area contributed by atoms with E-state index in [0.717, 1.165) is 17.9 Å². The zero-order valence-corrected chi connectivity index (χ0v) is 11.9. The van der Waals surface area contributed by atoms with Crippen molar-refractivity contribution in [3.05, 3.63) is 0 Å². The summed E-state index contributed by atoms with van der Waals surface area (Å²) in [6, 6.07) is 0. The summed E-state index contributed by atoms with van der Waals surface area (Å²) in [5.41, 5.74) is -0.572. The van der Waals surface area contributed by atoms with E-state index in [9.17, 15) is 4.79 Å². The van der Waals surface area contributed by atoms with Crippen molar-refractivity contribution in [2.24, 2.45) is 5.92 Å². The third-order valence-electron chi connectivity index (χ3n) is 3.55. The van der Waals surface area contributed by atoms with Crippen molar-refractivity contribution in [2.45, 2.75) is 51.4 Å². The van der Waals surface area contributed by atoms with E-state index >= 15 is 0 Å². The van der Waals surface area contributed by atoms with Gasteiger partial charge in [0.15, 0.2) is 5.78 Å². The molecule has 2 atom stereocenters. The fourth-order valence-corrected chi connectivity index (χ4v) is 3.74. The first-order valence-electron chi connectivity index (χ1n) is 6.25. The van der Waals surface area contributed by atoms with Gasteiger partial charge >= 0.3 is 0 Å². The Morgan fingerprint density at radius 2 is 2.00 bits per heavy atom. The second kappa shape index (κ2) is 4.56. The van der Waals surface area contributed by atoms with Crippen molar-refractivity contribution in [3.63, 3.8) is 0 Å². The molecule has 0 radical (unpaired) electrons. The van der Waals surface area contributed by atoms with Crippen LogP contribution in [0.4, 0.5) is 0 Å². The molecule has 0 aromatic rings. The third kappa shape index (κ3) is 2.85. The molecule has 0 N–H and O–H groups in total. The maximum absolute atomic E-state index is 12.5. The van der Waals surface area contributed by atoms with Crippen LogP contribution in [0.1, 0.15) is 34.1 Å². The molecule has 3 nitrogen and oxygen atoms in total. The van der Waals surface area contributed by atoms with Crippen LogP contribution >= 0.6 is 11.8 Å². The lowest BCUT2D eigenvalue weighted by atomic mass is 9.82. The van der Waals surface area contributed by atoms with Gasteiger partial charge in [-0.1, -0.05) is 0 Å². The topological polar surface area (TPSA) is 35.5 Å². The number of ketones is 1. The lowest BCUT2D eigenvalue weighted by Crippen LogP contribution is -2.42. The smallest absolute Gasteiger partial charge is 0.168 e. The summed E-state index contributed by atoms with van der Waals surface area (Å²) in [5.74, 6) is 1.99. The lowest BCUT2D eigenvalue weighted by Gasteiger charge is -2.30. The van der Waals surface area contributed by atoms with Crippen LogP contribution in [-0.2, 0) is 14.3 Å². The third-order valence-corrected chi connectivity index (χ3v) is 4.54. The van der Waals surface area contributed by atoms with Crippen molar-refractivity contribution >= 4 is 17.5 Å². The Kier molecular flexibility index (Phi) is 3.59. The molecule has 17 heavy (non-hydrogen) atoms. The Labute approximate surface area is 108 Å². The maximum Gasteiger partial charge on any atom is 0.168 e. The first kappa shape index (κ1) is 13.4. The molecule has 98 valence electrons. The van der Waals surface area contributed by atoms with E-state index in [4.69, 9.17) is 9.47 Å². The molecule has 2 unspecified atom stereocenters. The minimum Gasteiger partial charge on any atom is -0.369 e. The van der Waals surface area contributed by atoms with Crippen LogP contribution in [0.25, 0.3) is 0 Å². The molecule has 2 fully saturated rings. The van der Waals surface area contributed by atoms with E-state index in [1.807, 2.05) is 13.8 Å². The maximum atomic E-state index is 12.5. The van der Waals surface area contributed by atoms with Gasteiger partial charge in [-0.05, 0) is 34.1 Å². The number of hydrogen-bond donors (Lipinski definition) is 0. The van der Waals surface area contributed by atoms with E-state index in [1.54, 1.807) is 11.8 Å². The number of ether oxygens (including phenoxy) is 2. The van der Waals surface area contributed by atoms with Crippen molar-refractivity contribution < 1.29 is 14.3 Å². The van der Waals surface area contributed by atoms with Crippen molar-refractivity contribution in [1.82, 2.24) is 0 Å². The predicted octanol–water partition coefficient (Wildman–Crippen LogP) is 2.28. The normalized spacial score (nSPS) is 35.8. The average molecular weight is 258 g/mol. The van der Waals surface area contributed by atoms with Gasteiger partial charge in [-0.3, -0.25) is 4.79 Å². The molecule has 2 aliphatic rings. The van der Waals surface area contributed by atoms with Gasteiger partial charge in [0, 0.05) is 11.5 Å². The fraction of sp³-hybridized carbons (Fsp3) is 0.923. The number of carbonyl (C=O) groups is 1. The molecule has 0 aromatic heterocycles. The predicted molar refractivity (Wildman–Crippen MR) is 69.4 cm³/mol. The number of carbonyl (C=O) groups excluding carboxylic acids is 1. The lowest BCUT2D eigenvalue weighted by molar-refractivity contribution is -0.139. The Hall–Kier alpha value is -0.0600. The van der Waals surface area contributed by atoms with Crippen LogP contribution in [0.5, 0.6) is 0 Å².